The van der Waals surface area contributed by atoms with Crippen molar-refractivity contribution in [2.24, 2.45) is 0 Å². The molecule has 0 saturated heterocycles. The number of carbonyl (C=O) groups excluding carboxylic acids is 1. The number of aldehydes is 1. The molecular weight excluding hydrogens is 221 g/mol. The van der Waals surface area contributed by atoms with Gasteiger partial charge in [-0.15, -0.1) is 0 Å². The number of pyridine rings is 1. The molecule has 2 aromatic rings. The van der Waals surface area contributed by atoms with Crippen LogP contribution in [0.1, 0.15) is 16.1 Å². The topological polar surface area (TPSA) is 39.2 Å². The van der Waals surface area contributed by atoms with Gasteiger partial charge >= 0.3 is 0 Å². The first-order valence-corrected chi connectivity index (χ1v) is 5.04. The van der Waals surface area contributed by atoms with Gasteiger partial charge < -0.3 is 4.74 Å². The zero-order chi connectivity index (χ0) is 12.3. The van der Waals surface area contributed by atoms with Crippen LogP contribution in [0.25, 0.3) is 0 Å². The van der Waals surface area contributed by atoms with E-state index in [1.165, 1.54) is 18.3 Å². The summed E-state index contributed by atoms with van der Waals surface area (Å²) in [4.78, 5) is 14.5. The predicted molar refractivity (Wildman–Crippen MR) is 60.8 cm³/mol. The Kier molecular flexibility index (Phi) is 3.14. The second-order valence-electron chi connectivity index (χ2n) is 3.55. The van der Waals surface area contributed by atoms with Gasteiger partial charge in [-0.25, -0.2) is 4.39 Å². The van der Waals surface area contributed by atoms with Crippen molar-refractivity contribution in [2.75, 3.05) is 0 Å². The summed E-state index contributed by atoms with van der Waals surface area (Å²) in [5.41, 5.74) is 1.13. The molecule has 2 rings (SSSR count). The first kappa shape index (κ1) is 11.3. The normalized spacial score (nSPS) is 10.0. The Morgan fingerprint density at radius 2 is 2.12 bits per heavy atom. The van der Waals surface area contributed by atoms with Crippen molar-refractivity contribution in [3.05, 3.63) is 53.6 Å². The molecule has 0 saturated carbocycles. The van der Waals surface area contributed by atoms with Crippen molar-refractivity contribution < 1.29 is 13.9 Å². The second kappa shape index (κ2) is 4.74. The zero-order valence-electron chi connectivity index (χ0n) is 9.18. The van der Waals surface area contributed by atoms with Crippen LogP contribution in [-0.4, -0.2) is 11.3 Å². The third-order valence-electron chi connectivity index (χ3n) is 2.20. The van der Waals surface area contributed by atoms with Crippen LogP contribution in [0.5, 0.6) is 11.5 Å². The third-order valence-corrected chi connectivity index (χ3v) is 2.20. The molecule has 1 aromatic carbocycles. The van der Waals surface area contributed by atoms with Gasteiger partial charge in [0.2, 0.25) is 0 Å². The van der Waals surface area contributed by atoms with Crippen molar-refractivity contribution in [1.29, 1.82) is 0 Å². The van der Waals surface area contributed by atoms with E-state index in [2.05, 4.69) is 4.98 Å². The van der Waals surface area contributed by atoms with E-state index in [1.807, 2.05) is 6.92 Å². The SMILES string of the molecule is Cc1ccc(Oc2ccc(C=O)cc2F)cn1. The molecule has 3 nitrogen and oxygen atoms in total. The monoisotopic (exact) mass is 231 g/mol. The molecule has 1 aromatic heterocycles. The standard InChI is InChI=1S/C13H10FNO2/c1-9-2-4-11(7-15-9)17-13-5-3-10(8-16)6-12(13)14/h2-8H,1H3. The first-order valence-electron chi connectivity index (χ1n) is 5.04. The number of hydrogen-bond acceptors (Lipinski definition) is 3. The van der Waals surface area contributed by atoms with Gasteiger partial charge in [-0.1, -0.05) is 0 Å². The fourth-order valence-electron chi connectivity index (χ4n) is 1.31. The number of carbonyl (C=O) groups is 1. The smallest absolute Gasteiger partial charge is 0.166 e. The van der Waals surface area contributed by atoms with Crippen LogP contribution < -0.4 is 4.74 Å². The molecule has 0 N–H and O–H groups in total. The lowest BCUT2D eigenvalue weighted by atomic mass is 10.2. The van der Waals surface area contributed by atoms with Crippen molar-refractivity contribution in [3.8, 4) is 11.5 Å². The number of halogens is 1. The minimum Gasteiger partial charge on any atom is -0.453 e. The summed E-state index contributed by atoms with van der Waals surface area (Å²) in [5, 5.41) is 0. The Morgan fingerprint density at radius 1 is 1.29 bits per heavy atom. The van der Waals surface area contributed by atoms with E-state index in [4.69, 9.17) is 4.74 Å². The predicted octanol–water partition coefficient (Wildman–Crippen LogP) is 3.13. The summed E-state index contributed by atoms with van der Waals surface area (Å²) in [6, 6.07) is 7.51. The van der Waals surface area contributed by atoms with Gasteiger partial charge in [-0.3, -0.25) is 9.78 Å². The highest BCUT2D eigenvalue weighted by Gasteiger charge is 2.05. The molecular formula is C13H10FNO2. The highest BCUT2D eigenvalue weighted by atomic mass is 19.1. The van der Waals surface area contributed by atoms with E-state index < -0.39 is 5.82 Å². The van der Waals surface area contributed by atoms with Crippen LogP contribution in [0.3, 0.4) is 0 Å². The Bertz CT molecular complexity index is 538. The van der Waals surface area contributed by atoms with Crippen LogP contribution in [-0.2, 0) is 0 Å². The fraction of sp³-hybridized carbons (Fsp3) is 0.0769. The van der Waals surface area contributed by atoms with E-state index in [1.54, 1.807) is 12.1 Å². The lowest BCUT2D eigenvalue weighted by molar-refractivity contribution is 0.112. The number of aryl methyl sites for hydroxylation is 1. The molecule has 0 radical (unpaired) electrons. The maximum atomic E-state index is 13.5. The van der Waals surface area contributed by atoms with Gasteiger partial charge in [0.25, 0.3) is 0 Å². The van der Waals surface area contributed by atoms with Gasteiger partial charge in [0.05, 0.1) is 6.20 Å². The third kappa shape index (κ3) is 2.66. The number of nitrogens with zero attached hydrogens (tertiary/aromatic N) is 1. The van der Waals surface area contributed by atoms with Crippen LogP contribution in [0.4, 0.5) is 4.39 Å². The fourth-order valence-corrected chi connectivity index (χ4v) is 1.31. The maximum Gasteiger partial charge on any atom is 0.166 e. The van der Waals surface area contributed by atoms with Gasteiger partial charge in [-0.05, 0) is 37.3 Å². The first-order chi connectivity index (χ1) is 8.19. The van der Waals surface area contributed by atoms with E-state index in [0.29, 0.717) is 12.0 Å². The highest BCUT2D eigenvalue weighted by molar-refractivity contribution is 5.75. The average molecular weight is 231 g/mol. The summed E-state index contributed by atoms with van der Waals surface area (Å²) in [7, 11) is 0. The second-order valence-corrected chi connectivity index (χ2v) is 3.55. The Labute approximate surface area is 97.9 Å². The number of benzene rings is 1. The van der Waals surface area contributed by atoms with Crippen LogP contribution >= 0.6 is 0 Å². The van der Waals surface area contributed by atoms with E-state index in [-0.39, 0.29) is 11.3 Å². The summed E-state index contributed by atoms with van der Waals surface area (Å²) >= 11 is 0. The van der Waals surface area contributed by atoms with Crippen LogP contribution in [0.15, 0.2) is 36.5 Å². The highest BCUT2D eigenvalue weighted by Crippen LogP contribution is 2.24. The average Bonchev–Trinajstić information content (AvgIpc) is 2.34. The van der Waals surface area contributed by atoms with Crippen molar-refractivity contribution >= 4 is 6.29 Å². The molecule has 0 aliphatic carbocycles. The van der Waals surface area contributed by atoms with E-state index in [0.717, 1.165) is 11.8 Å². The lowest BCUT2D eigenvalue weighted by Crippen LogP contribution is -1.91. The molecule has 0 aliphatic rings. The number of ether oxygens (including phenoxy) is 1. The molecule has 1 heterocycles. The lowest BCUT2D eigenvalue weighted by Gasteiger charge is -2.06. The molecule has 86 valence electrons. The molecule has 0 unspecified atom stereocenters. The molecule has 0 aliphatic heterocycles. The maximum absolute atomic E-state index is 13.5. The summed E-state index contributed by atoms with van der Waals surface area (Å²) in [6.45, 7) is 1.85. The van der Waals surface area contributed by atoms with Crippen LogP contribution in [0, 0.1) is 12.7 Å². The Hall–Kier alpha value is -2.23. The van der Waals surface area contributed by atoms with Crippen LogP contribution in [0.2, 0.25) is 0 Å². The van der Waals surface area contributed by atoms with E-state index in [9.17, 15) is 9.18 Å². The molecule has 0 fully saturated rings. The Balaban J connectivity index is 2.24. The van der Waals surface area contributed by atoms with Gasteiger partial charge in [0.15, 0.2) is 11.6 Å². The van der Waals surface area contributed by atoms with E-state index >= 15 is 0 Å². The Morgan fingerprint density at radius 3 is 2.71 bits per heavy atom. The van der Waals surface area contributed by atoms with Gasteiger partial charge in [-0.2, -0.15) is 0 Å². The zero-order valence-corrected chi connectivity index (χ0v) is 9.18. The number of rotatable bonds is 3. The molecule has 4 heteroatoms. The molecule has 17 heavy (non-hydrogen) atoms. The quantitative estimate of drug-likeness (QED) is 0.762. The molecule has 0 amide bonds. The van der Waals surface area contributed by atoms with Gasteiger partial charge in [0, 0.05) is 11.3 Å². The largest absolute Gasteiger partial charge is 0.453 e. The van der Waals surface area contributed by atoms with Crippen molar-refractivity contribution in [3.63, 3.8) is 0 Å². The summed E-state index contributed by atoms with van der Waals surface area (Å²) in [5.74, 6) is -0.0511. The summed E-state index contributed by atoms with van der Waals surface area (Å²) in [6.07, 6.45) is 2.10. The number of aromatic nitrogens is 1. The number of hydrogen-bond donors (Lipinski definition) is 0. The minimum atomic E-state index is -0.574. The van der Waals surface area contributed by atoms with Gasteiger partial charge in [0.1, 0.15) is 12.0 Å². The van der Waals surface area contributed by atoms with Crippen molar-refractivity contribution in [2.45, 2.75) is 6.92 Å². The molecule has 0 bridgehead atoms. The molecule has 0 atom stereocenters. The summed E-state index contributed by atoms with van der Waals surface area (Å²) < 4.78 is 18.8. The molecule has 0 spiro atoms. The minimum absolute atomic E-state index is 0.0706. The van der Waals surface area contributed by atoms with Crippen molar-refractivity contribution in [1.82, 2.24) is 4.98 Å².